The van der Waals surface area contributed by atoms with E-state index in [0.717, 1.165) is 30.1 Å². The molecule has 2 unspecified atom stereocenters. The number of piperidine rings is 1. The van der Waals surface area contributed by atoms with Gasteiger partial charge in [-0.2, -0.15) is 0 Å². The number of hydrogen-bond acceptors (Lipinski definition) is 4. The molecule has 4 nitrogen and oxygen atoms in total. The molecule has 2 aliphatic heterocycles. The number of hydrogen-bond donors (Lipinski definition) is 1. The lowest BCUT2D eigenvalue weighted by Crippen LogP contribution is -2.39. The summed E-state index contributed by atoms with van der Waals surface area (Å²) < 4.78 is 0. The van der Waals surface area contributed by atoms with Crippen LogP contribution in [0.5, 0.6) is 0 Å². The van der Waals surface area contributed by atoms with E-state index >= 15 is 0 Å². The van der Waals surface area contributed by atoms with Crippen LogP contribution in [0.15, 0.2) is 12.3 Å². The summed E-state index contributed by atoms with van der Waals surface area (Å²) in [6.07, 6.45) is 7.08. The van der Waals surface area contributed by atoms with Gasteiger partial charge in [0.05, 0.1) is 5.69 Å². The third-order valence-electron chi connectivity index (χ3n) is 5.00. The van der Waals surface area contributed by atoms with Crippen LogP contribution in [0.2, 0.25) is 0 Å². The maximum Gasteiger partial charge on any atom is 0.131 e. The summed E-state index contributed by atoms with van der Waals surface area (Å²) in [6.45, 7) is 7.37. The lowest BCUT2D eigenvalue weighted by atomic mass is 9.90. The monoisotopic (exact) mass is 288 g/mol. The maximum atomic E-state index is 4.83. The Morgan fingerprint density at radius 1 is 1.24 bits per heavy atom. The molecular formula is C17H28N4. The highest BCUT2D eigenvalue weighted by Crippen LogP contribution is 2.40. The normalized spacial score (nSPS) is 29.8. The standard InChI is InChI=1S/C17H28N4/c1-17(2,3)19-11-13-7-8-18-16(20-13)12-9-14-5-6-15(10-12)21(14)4/h7-8,12,14-15,19H,5-6,9-11H2,1-4H3. The third-order valence-corrected chi connectivity index (χ3v) is 5.00. The van der Waals surface area contributed by atoms with Gasteiger partial charge in [-0.1, -0.05) is 0 Å². The Morgan fingerprint density at radius 2 is 1.90 bits per heavy atom. The second kappa shape index (κ2) is 5.65. The summed E-state index contributed by atoms with van der Waals surface area (Å²) in [6, 6.07) is 3.52. The topological polar surface area (TPSA) is 41.1 Å². The van der Waals surface area contributed by atoms with Crippen LogP contribution in [0.4, 0.5) is 0 Å². The van der Waals surface area contributed by atoms with E-state index in [1.54, 1.807) is 0 Å². The van der Waals surface area contributed by atoms with Crippen molar-refractivity contribution in [3.63, 3.8) is 0 Å². The zero-order valence-electron chi connectivity index (χ0n) is 13.8. The molecule has 4 heteroatoms. The highest BCUT2D eigenvalue weighted by molar-refractivity contribution is 5.10. The first-order valence-electron chi connectivity index (χ1n) is 8.21. The molecule has 0 amide bonds. The quantitative estimate of drug-likeness (QED) is 0.928. The van der Waals surface area contributed by atoms with Crippen molar-refractivity contribution in [1.29, 1.82) is 0 Å². The molecule has 2 fully saturated rings. The molecular weight excluding hydrogens is 260 g/mol. The van der Waals surface area contributed by atoms with Gasteiger partial charge in [-0.3, -0.25) is 0 Å². The van der Waals surface area contributed by atoms with Crippen molar-refractivity contribution in [2.45, 2.75) is 76.5 Å². The average Bonchev–Trinajstić information content (AvgIpc) is 2.66. The van der Waals surface area contributed by atoms with Crippen LogP contribution in [0.3, 0.4) is 0 Å². The fourth-order valence-electron chi connectivity index (χ4n) is 3.69. The van der Waals surface area contributed by atoms with Gasteiger partial charge < -0.3 is 10.2 Å². The van der Waals surface area contributed by atoms with Crippen molar-refractivity contribution >= 4 is 0 Å². The number of nitrogens with zero attached hydrogens (tertiary/aromatic N) is 3. The molecule has 21 heavy (non-hydrogen) atoms. The lowest BCUT2D eigenvalue weighted by Gasteiger charge is -2.35. The molecule has 2 aliphatic rings. The van der Waals surface area contributed by atoms with Crippen molar-refractivity contribution in [3.05, 3.63) is 23.8 Å². The molecule has 1 aromatic rings. The van der Waals surface area contributed by atoms with Gasteiger partial charge in [-0.05, 0) is 59.6 Å². The van der Waals surface area contributed by atoms with E-state index in [1.165, 1.54) is 25.7 Å². The first kappa shape index (κ1) is 14.9. The second-order valence-corrected chi connectivity index (χ2v) is 7.73. The van der Waals surface area contributed by atoms with Crippen molar-refractivity contribution in [2.75, 3.05) is 7.05 Å². The Labute approximate surface area is 128 Å². The molecule has 3 rings (SSSR count). The number of fused-ring (bicyclic) bond motifs is 2. The molecule has 2 atom stereocenters. The Kier molecular flexibility index (Phi) is 4.02. The van der Waals surface area contributed by atoms with E-state index in [0.29, 0.717) is 5.92 Å². The van der Waals surface area contributed by atoms with Crippen molar-refractivity contribution in [2.24, 2.45) is 0 Å². The van der Waals surface area contributed by atoms with Gasteiger partial charge in [0.1, 0.15) is 5.82 Å². The number of aromatic nitrogens is 2. The Morgan fingerprint density at radius 3 is 2.52 bits per heavy atom. The highest BCUT2D eigenvalue weighted by atomic mass is 15.2. The molecule has 0 aromatic carbocycles. The minimum absolute atomic E-state index is 0.123. The van der Waals surface area contributed by atoms with E-state index < -0.39 is 0 Å². The van der Waals surface area contributed by atoms with Crippen LogP contribution in [-0.4, -0.2) is 39.5 Å². The van der Waals surface area contributed by atoms with Gasteiger partial charge in [-0.25, -0.2) is 9.97 Å². The van der Waals surface area contributed by atoms with Gasteiger partial charge in [0, 0.05) is 36.3 Å². The molecule has 0 aliphatic carbocycles. The van der Waals surface area contributed by atoms with Crippen molar-refractivity contribution in [1.82, 2.24) is 20.2 Å². The van der Waals surface area contributed by atoms with Gasteiger partial charge in [0.15, 0.2) is 0 Å². The summed E-state index contributed by atoms with van der Waals surface area (Å²) >= 11 is 0. The van der Waals surface area contributed by atoms with E-state index in [4.69, 9.17) is 4.98 Å². The molecule has 0 spiro atoms. The predicted octanol–water partition coefficient (Wildman–Crippen LogP) is 2.70. The van der Waals surface area contributed by atoms with Crippen LogP contribution in [-0.2, 0) is 6.54 Å². The van der Waals surface area contributed by atoms with Gasteiger partial charge in [-0.15, -0.1) is 0 Å². The maximum absolute atomic E-state index is 4.83. The van der Waals surface area contributed by atoms with E-state index in [-0.39, 0.29) is 5.54 Å². The highest BCUT2D eigenvalue weighted by Gasteiger charge is 2.39. The summed E-state index contributed by atoms with van der Waals surface area (Å²) in [4.78, 5) is 12.0. The summed E-state index contributed by atoms with van der Waals surface area (Å²) in [7, 11) is 2.28. The zero-order chi connectivity index (χ0) is 15.0. The molecule has 2 bridgehead atoms. The Balaban J connectivity index is 1.69. The minimum Gasteiger partial charge on any atom is -0.306 e. The van der Waals surface area contributed by atoms with E-state index in [1.807, 2.05) is 12.3 Å². The van der Waals surface area contributed by atoms with Gasteiger partial charge in [0.2, 0.25) is 0 Å². The first-order valence-corrected chi connectivity index (χ1v) is 8.21. The van der Waals surface area contributed by atoms with E-state index in [2.05, 4.69) is 43.0 Å². The van der Waals surface area contributed by atoms with Crippen molar-refractivity contribution in [3.8, 4) is 0 Å². The van der Waals surface area contributed by atoms with Gasteiger partial charge in [0.25, 0.3) is 0 Å². The smallest absolute Gasteiger partial charge is 0.131 e. The Bertz CT molecular complexity index is 480. The SMILES string of the molecule is CN1C2CCC1CC(c1nccc(CNC(C)(C)C)n1)C2. The van der Waals surface area contributed by atoms with Gasteiger partial charge >= 0.3 is 0 Å². The molecule has 2 saturated heterocycles. The summed E-state index contributed by atoms with van der Waals surface area (Å²) in [5, 5.41) is 3.51. The summed E-state index contributed by atoms with van der Waals surface area (Å²) in [5.74, 6) is 1.61. The van der Waals surface area contributed by atoms with Crippen LogP contribution < -0.4 is 5.32 Å². The predicted molar refractivity (Wildman–Crippen MR) is 85.2 cm³/mol. The molecule has 0 radical (unpaired) electrons. The number of rotatable bonds is 3. The zero-order valence-corrected chi connectivity index (χ0v) is 13.8. The number of nitrogens with one attached hydrogen (secondary N) is 1. The fourth-order valence-corrected chi connectivity index (χ4v) is 3.69. The van der Waals surface area contributed by atoms with Crippen molar-refractivity contribution < 1.29 is 0 Å². The molecule has 3 heterocycles. The molecule has 1 aromatic heterocycles. The molecule has 116 valence electrons. The third kappa shape index (κ3) is 3.43. The second-order valence-electron chi connectivity index (χ2n) is 7.73. The minimum atomic E-state index is 0.123. The van der Waals surface area contributed by atoms with Crippen LogP contribution >= 0.6 is 0 Å². The van der Waals surface area contributed by atoms with Crippen LogP contribution in [0.25, 0.3) is 0 Å². The Hall–Kier alpha value is -1.00. The summed E-state index contributed by atoms with van der Waals surface area (Å²) in [5.41, 5.74) is 1.24. The average molecular weight is 288 g/mol. The largest absolute Gasteiger partial charge is 0.306 e. The molecule has 1 N–H and O–H groups in total. The lowest BCUT2D eigenvalue weighted by molar-refractivity contribution is 0.158. The first-order chi connectivity index (χ1) is 9.92. The van der Waals surface area contributed by atoms with Crippen LogP contribution in [0, 0.1) is 0 Å². The fraction of sp³-hybridized carbons (Fsp3) is 0.765. The van der Waals surface area contributed by atoms with E-state index in [9.17, 15) is 0 Å². The molecule has 0 saturated carbocycles. The van der Waals surface area contributed by atoms with Crippen LogP contribution in [0.1, 0.15) is 63.9 Å².